The largest absolute Gasteiger partial charge is 1.00 e. The first-order valence-electron chi connectivity index (χ1n) is 9.67. The summed E-state index contributed by atoms with van der Waals surface area (Å²) in [7, 11) is 0. The van der Waals surface area contributed by atoms with Gasteiger partial charge in [-0.15, -0.1) is 0 Å². The Morgan fingerprint density at radius 1 is 0.455 bits per heavy atom. The minimum Gasteiger partial charge on any atom is -0.870 e. The summed E-state index contributed by atoms with van der Waals surface area (Å²) in [5.74, 6) is 1.48. The predicted octanol–water partition coefficient (Wildman–Crippen LogP) is 1.27. The minimum absolute atomic E-state index is 0. The molecule has 5 rings (SSSR count). The van der Waals surface area contributed by atoms with E-state index in [9.17, 15) is 0 Å². The van der Waals surface area contributed by atoms with Gasteiger partial charge in [-0.1, -0.05) is 24.3 Å². The molecule has 0 aliphatic heterocycles. The topological polar surface area (TPSA) is 120 Å². The van der Waals surface area contributed by atoms with E-state index in [1.165, 1.54) is 0 Å². The quantitative estimate of drug-likeness (QED) is 0.381. The summed E-state index contributed by atoms with van der Waals surface area (Å²) in [6, 6.07) is 22.7. The monoisotopic (exact) mass is 445 g/mol. The zero-order valence-electron chi connectivity index (χ0n) is 18.3. The van der Waals surface area contributed by atoms with Gasteiger partial charge >= 0.3 is 29.6 Å². The van der Waals surface area contributed by atoms with Gasteiger partial charge in [-0.05, 0) is 55.5 Å². The van der Waals surface area contributed by atoms with E-state index in [2.05, 4.69) is 34.9 Å². The molecule has 0 saturated heterocycles. The molecule has 1 N–H and O–H groups in total. The van der Waals surface area contributed by atoms with E-state index in [1.807, 2.05) is 79.7 Å². The van der Waals surface area contributed by atoms with Crippen molar-refractivity contribution in [1.29, 1.82) is 0 Å². The Kier molecular flexibility index (Phi) is 10.3. The van der Waals surface area contributed by atoms with Gasteiger partial charge in [-0.3, -0.25) is 19.9 Å². The Morgan fingerprint density at radius 2 is 0.788 bits per heavy atom. The summed E-state index contributed by atoms with van der Waals surface area (Å²) in [4.78, 5) is 30.5. The third-order valence-electron chi connectivity index (χ3n) is 4.13. The van der Waals surface area contributed by atoms with E-state index in [-0.39, 0.29) is 35.0 Å². The Balaban J connectivity index is 0.000000371. The molecule has 33 heavy (non-hydrogen) atoms. The number of rotatable bonds is 3. The molecule has 0 aliphatic carbocycles. The Morgan fingerprint density at radius 3 is 1.00 bits per heavy atom. The van der Waals surface area contributed by atoms with Crippen LogP contribution in [0.15, 0.2) is 97.6 Å². The predicted molar refractivity (Wildman–Crippen MR) is 120 cm³/mol. The average Bonchev–Trinajstić information content (AvgIpc) is 2.86. The summed E-state index contributed by atoms with van der Waals surface area (Å²) in [6.07, 6.45) is 6.91. The van der Waals surface area contributed by atoms with Gasteiger partial charge in [0.05, 0.1) is 0 Å². The molecule has 0 radical (unpaired) electrons. The molecule has 0 atom stereocenters. The number of hydrogen-bond acceptors (Lipinski definition) is 8. The van der Waals surface area contributed by atoms with Gasteiger partial charge in [0.2, 0.25) is 0 Å². The van der Waals surface area contributed by atoms with E-state index >= 15 is 0 Å². The summed E-state index contributed by atoms with van der Waals surface area (Å²) < 4.78 is 0. The van der Waals surface area contributed by atoms with Gasteiger partial charge in [-0.25, -0.2) is 15.0 Å². The van der Waals surface area contributed by atoms with Gasteiger partial charge in [0.15, 0.2) is 17.5 Å². The summed E-state index contributed by atoms with van der Waals surface area (Å²) in [5, 5.41) is 0. The van der Waals surface area contributed by atoms with E-state index in [4.69, 9.17) is 0 Å². The molecular weight excluding hydrogens is 425 g/mol. The maximum Gasteiger partial charge on any atom is 1.00 e. The van der Waals surface area contributed by atoms with Crippen LogP contribution >= 0.6 is 0 Å². The first kappa shape index (κ1) is 25.8. The molecule has 9 heteroatoms. The summed E-state index contributed by atoms with van der Waals surface area (Å²) >= 11 is 0. The first-order chi connectivity index (χ1) is 15.3. The second-order valence-corrected chi connectivity index (χ2v) is 6.42. The Hall–Kier alpha value is -3.43. The SMILES string of the molecule is Cc1ccccn1.[Na+].[OH-].c1ccc(-c2nc(-c3ccccn3)nc(-c3ccccn3)n2)nc1. The first-order valence-corrected chi connectivity index (χ1v) is 9.67. The number of nitrogens with zero attached hydrogens (tertiary/aromatic N) is 7. The third-order valence-corrected chi connectivity index (χ3v) is 4.13. The van der Waals surface area contributed by atoms with E-state index in [1.54, 1.807) is 24.8 Å². The van der Waals surface area contributed by atoms with Crippen LogP contribution in [0, 0.1) is 6.92 Å². The van der Waals surface area contributed by atoms with Crippen molar-refractivity contribution in [2.45, 2.75) is 6.92 Å². The van der Waals surface area contributed by atoms with Crippen molar-refractivity contribution in [2.75, 3.05) is 0 Å². The van der Waals surface area contributed by atoms with Crippen molar-refractivity contribution in [3.05, 3.63) is 103 Å². The molecule has 158 valence electrons. The minimum atomic E-state index is 0. The number of aromatic nitrogens is 7. The van der Waals surface area contributed by atoms with Crippen molar-refractivity contribution < 1.29 is 35.0 Å². The number of pyridine rings is 4. The maximum atomic E-state index is 4.52. The second-order valence-electron chi connectivity index (χ2n) is 6.42. The smallest absolute Gasteiger partial charge is 0.870 e. The van der Waals surface area contributed by atoms with Crippen molar-refractivity contribution >= 4 is 0 Å². The Labute approximate surface area is 213 Å². The molecule has 0 spiro atoms. The van der Waals surface area contributed by atoms with Crippen LogP contribution in [0.1, 0.15) is 5.69 Å². The van der Waals surface area contributed by atoms with Crippen LogP contribution in [0.3, 0.4) is 0 Å². The van der Waals surface area contributed by atoms with Crippen molar-refractivity contribution in [1.82, 2.24) is 34.9 Å². The fraction of sp³-hybridized carbons (Fsp3) is 0.0417. The second kappa shape index (κ2) is 13.2. The fourth-order valence-corrected chi connectivity index (χ4v) is 2.65. The molecular formula is C24H20N7NaO. The van der Waals surface area contributed by atoms with Crippen LogP contribution in [0.5, 0.6) is 0 Å². The number of aryl methyl sites for hydroxylation is 1. The van der Waals surface area contributed by atoms with Gasteiger partial charge in [0.1, 0.15) is 17.1 Å². The zero-order chi connectivity index (χ0) is 21.3. The molecule has 0 saturated carbocycles. The standard InChI is InChI=1S/C18H12N6.C6H7N.Na.H2O/c1-4-10-19-13(7-1)16-22-17(14-8-2-5-11-20-14)24-18(23-16)15-9-3-6-12-21-15;1-6-4-2-3-5-7-6;;/h1-12H;2-5H,1H3;;1H2/q;;+1;/p-1. The zero-order valence-corrected chi connectivity index (χ0v) is 20.3. The molecule has 0 aromatic carbocycles. The maximum absolute atomic E-state index is 4.52. The van der Waals surface area contributed by atoms with Gasteiger partial charge in [0.25, 0.3) is 0 Å². The third kappa shape index (κ3) is 7.30. The van der Waals surface area contributed by atoms with Crippen LogP contribution < -0.4 is 29.6 Å². The number of hydrogen-bond donors (Lipinski definition) is 0. The molecule has 0 aliphatic rings. The molecule has 0 amide bonds. The molecule has 0 bridgehead atoms. The van der Waals surface area contributed by atoms with Crippen LogP contribution in [0.25, 0.3) is 34.6 Å². The Bertz CT molecular complexity index is 1090. The van der Waals surface area contributed by atoms with Gasteiger partial charge in [0, 0.05) is 30.5 Å². The van der Waals surface area contributed by atoms with Crippen LogP contribution in [-0.4, -0.2) is 40.4 Å². The van der Waals surface area contributed by atoms with Crippen LogP contribution in [0.2, 0.25) is 0 Å². The van der Waals surface area contributed by atoms with Crippen LogP contribution in [-0.2, 0) is 0 Å². The summed E-state index contributed by atoms with van der Waals surface area (Å²) in [5.41, 5.74) is 3.10. The summed E-state index contributed by atoms with van der Waals surface area (Å²) in [6.45, 7) is 1.97. The molecule has 5 heterocycles. The average molecular weight is 445 g/mol. The molecule has 5 aromatic heterocycles. The van der Waals surface area contributed by atoms with E-state index in [0.717, 1.165) is 5.69 Å². The molecule has 5 aromatic rings. The van der Waals surface area contributed by atoms with E-state index < -0.39 is 0 Å². The fourth-order valence-electron chi connectivity index (χ4n) is 2.65. The van der Waals surface area contributed by atoms with Gasteiger partial charge in [-0.2, -0.15) is 0 Å². The normalized spacial score (nSPS) is 9.48. The molecule has 8 nitrogen and oxygen atoms in total. The van der Waals surface area contributed by atoms with Crippen molar-refractivity contribution in [3.8, 4) is 34.6 Å². The molecule has 0 fully saturated rings. The van der Waals surface area contributed by atoms with E-state index in [0.29, 0.717) is 34.6 Å². The van der Waals surface area contributed by atoms with Crippen molar-refractivity contribution in [3.63, 3.8) is 0 Å². The molecule has 0 unspecified atom stereocenters. The van der Waals surface area contributed by atoms with Crippen LogP contribution in [0.4, 0.5) is 0 Å². The van der Waals surface area contributed by atoms with Gasteiger partial charge < -0.3 is 5.48 Å². The van der Waals surface area contributed by atoms with Crippen molar-refractivity contribution in [2.24, 2.45) is 0 Å².